The predicted molar refractivity (Wildman–Crippen MR) is 79.2 cm³/mol. The van der Waals surface area contributed by atoms with Gasteiger partial charge in [0.15, 0.2) is 0 Å². The first-order chi connectivity index (χ1) is 10.1. The van der Waals surface area contributed by atoms with E-state index in [4.69, 9.17) is 5.26 Å². The van der Waals surface area contributed by atoms with Crippen molar-refractivity contribution in [3.8, 4) is 6.07 Å². The molecule has 4 nitrogen and oxygen atoms in total. The molecule has 5 heteroatoms. The van der Waals surface area contributed by atoms with Crippen molar-refractivity contribution >= 4 is 17.3 Å². The molecule has 1 amide bonds. The average Bonchev–Trinajstić information content (AvgIpc) is 2.46. The van der Waals surface area contributed by atoms with E-state index in [0.29, 0.717) is 17.9 Å². The van der Waals surface area contributed by atoms with E-state index in [1.54, 1.807) is 12.1 Å². The molecular formula is C16H14FN3O. The number of rotatable bonds is 4. The highest BCUT2D eigenvalue weighted by atomic mass is 19.1. The van der Waals surface area contributed by atoms with E-state index in [9.17, 15) is 9.18 Å². The molecule has 0 fully saturated rings. The van der Waals surface area contributed by atoms with Crippen molar-refractivity contribution in [2.45, 2.75) is 13.5 Å². The van der Waals surface area contributed by atoms with Crippen LogP contribution in [-0.2, 0) is 11.3 Å². The van der Waals surface area contributed by atoms with Gasteiger partial charge in [-0.05, 0) is 29.8 Å². The lowest BCUT2D eigenvalue weighted by Crippen LogP contribution is -2.10. The fraction of sp³-hybridized carbons (Fsp3) is 0.125. The lowest BCUT2D eigenvalue weighted by Gasteiger charge is -2.12. The summed E-state index contributed by atoms with van der Waals surface area (Å²) in [7, 11) is 0. The van der Waals surface area contributed by atoms with E-state index < -0.39 is 5.82 Å². The predicted octanol–water partition coefficient (Wildman–Crippen LogP) is 3.27. The Morgan fingerprint density at radius 1 is 1.24 bits per heavy atom. The molecule has 0 aliphatic carbocycles. The first-order valence-corrected chi connectivity index (χ1v) is 6.39. The van der Waals surface area contributed by atoms with Gasteiger partial charge in [-0.15, -0.1) is 0 Å². The zero-order valence-electron chi connectivity index (χ0n) is 11.5. The average molecular weight is 283 g/mol. The molecule has 0 saturated heterocycles. The minimum atomic E-state index is -0.481. The number of nitrogens with one attached hydrogen (secondary N) is 2. The summed E-state index contributed by atoms with van der Waals surface area (Å²) in [4.78, 5) is 11.1. The summed E-state index contributed by atoms with van der Waals surface area (Å²) in [5.74, 6) is -0.641. The first kappa shape index (κ1) is 14.5. The number of carbonyl (C=O) groups excluding carboxylic acids is 1. The minimum Gasteiger partial charge on any atom is -0.379 e. The molecule has 0 aliphatic rings. The van der Waals surface area contributed by atoms with Gasteiger partial charge in [-0.1, -0.05) is 18.2 Å². The molecule has 2 aromatic carbocycles. The number of nitriles is 1. The zero-order valence-corrected chi connectivity index (χ0v) is 11.5. The number of halogens is 1. The summed E-state index contributed by atoms with van der Waals surface area (Å²) in [6, 6.07) is 13.4. The highest BCUT2D eigenvalue weighted by molar-refractivity contribution is 5.89. The normalized spacial score (nSPS) is 9.76. The lowest BCUT2D eigenvalue weighted by atomic mass is 10.1. The van der Waals surface area contributed by atoms with Crippen molar-refractivity contribution in [3.05, 3.63) is 59.4 Å². The van der Waals surface area contributed by atoms with Crippen LogP contribution in [0.25, 0.3) is 0 Å². The SMILES string of the molecule is CC(=O)Nc1ccccc1CNc1ccc(C#N)cc1F. The minimum absolute atomic E-state index is 0.160. The van der Waals surface area contributed by atoms with E-state index >= 15 is 0 Å². The van der Waals surface area contributed by atoms with E-state index in [-0.39, 0.29) is 11.5 Å². The Morgan fingerprint density at radius 3 is 2.67 bits per heavy atom. The molecule has 0 unspecified atom stereocenters. The summed E-state index contributed by atoms with van der Waals surface area (Å²) < 4.78 is 13.8. The molecule has 0 bridgehead atoms. The Morgan fingerprint density at radius 2 is 2.00 bits per heavy atom. The Balaban J connectivity index is 2.13. The van der Waals surface area contributed by atoms with Crippen LogP contribution in [-0.4, -0.2) is 5.91 Å². The Hall–Kier alpha value is -2.87. The third-order valence-electron chi connectivity index (χ3n) is 2.90. The van der Waals surface area contributed by atoms with Crippen molar-refractivity contribution in [3.63, 3.8) is 0 Å². The Kier molecular flexibility index (Phi) is 4.52. The summed E-state index contributed by atoms with van der Waals surface area (Å²) >= 11 is 0. The molecule has 2 N–H and O–H groups in total. The van der Waals surface area contributed by atoms with Crippen LogP contribution in [0.5, 0.6) is 0 Å². The van der Waals surface area contributed by atoms with Crippen LogP contribution >= 0.6 is 0 Å². The molecule has 2 aromatic rings. The molecule has 0 saturated carbocycles. The fourth-order valence-corrected chi connectivity index (χ4v) is 1.90. The molecule has 0 atom stereocenters. The topological polar surface area (TPSA) is 64.9 Å². The number of anilines is 2. The van der Waals surface area contributed by atoms with E-state index in [2.05, 4.69) is 10.6 Å². The van der Waals surface area contributed by atoms with Gasteiger partial charge in [0.25, 0.3) is 0 Å². The van der Waals surface area contributed by atoms with Crippen LogP contribution in [0.1, 0.15) is 18.1 Å². The molecule has 0 radical (unpaired) electrons. The van der Waals surface area contributed by atoms with Gasteiger partial charge in [0, 0.05) is 19.2 Å². The Bertz CT molecular complexity index is 707. The van der Waals surface area contributed by atoms with Crippen molar-refractivity contribution in [2.75, 3.05) is 10.6 Å². The van der Waals surface area contributed by atoms with Gasteiger partial charge >= 0.3 is 0 Å². The highest BCUT2D eigenvalue weighted by Gasteiger charge is 2.06. The number of hydrogen-bond acceptors (Lipinski definition) is 3. The molecule has 0 aliphatic heterocycles. The summed E-state index contributed by atoms with van der Waals surface area (Å²) in [6.07, 6.45) is 0. The second-order valence-electron chi connectivity index (χ2n) is 4.50. The Labute approximate surface area is 122 Å². The maximum absolute atomic E-state index is 13.8. The third kappa shape index (κ3) is 3.80. The van der Waals surface area contributed by atoms with Crippen LogP contribution in [0.4, 0.5) is 15.8 Å². The van der Waals surface area contributed by atoms with Gasteiger partial charge in [0.1, 0.15) is 5.82 Å². The van der Waals surface area contributed by atoms with Crippen molar-refractivity contribution in [1.82, 2.24) is 0 Å². The number of benzene rings is 2. The third-order valence-corrected chi connectivity index (χ3v) is 2.90. The summed E-state index contributed by atoms with van der Waals surface area (Å²) in [5.41, 5.74) is 2.12. The van der Waals surface area contributed by atoms with Crippen LogP contribution in [0.15, 0.2) is 42.5 Å². The van der Waals surface area contributed by atoms with E-state index in [1.165, 1.54) is 19.1 Å². The van der Waals surface area contributed by atoms with Crippen LogP contribution < -0.4 is 10.6 Å². The molecule has 0 aromatic heterocycles. The van der Waals surface area contributed by atoms with Gasteiger partial charge in [-0.25, -0.2) is 4.39 Å². The van der Waals surface area contributed by atoms with Gasteiger partial charge in [-0.3, -0.25) is 4.79 Å². The number of amides is 1. The molecular weight excluding hydrogens is 269 g/mol. The maximum Gasteiger partial charge on any atom is 0.221 e. The highest BCUT2D eigenvalue weighted by Crippen LogP contribution is 2.19. The second-order valence-corrected chi connectivity index (χ2v) is 4.50. The fourth-order valence-electron chi connectivity index (χ4n) is 1.90. The lowest BCUT2D eigenvalue weighted by molar-refractivity contribution is -0.114. The van der Waals surface area contributed by atoms with E-state index in [0.717, 1.165) is 5.56 Å². The molecule has 21 heavy (non-hydrogen) atoms. The standard InChI is InChI=1S/C16H14FN3O/c1-11(21)20-15-5-3-2-4-13(15)10-19-16-7-6-12(9-18)8-14(16)17/h2-8,19H,10H2,1H3,(H,20,21). The second kappa shape index (κ2) is 6.53. The molecule has 0 heterocycles. The smallest absolute Gasteiger partial charge is 0.221 e. The molecule has 0 spiro atoms. The van der Waals surface area contributed by atoms with Gasteiger partial charge in [-0.2, -0.15) is 5.26 Å². The number of para-hydroxylation sites is 1. The van der Waals surface area contributed by atoms with Crippen molar-refractivity contribution < 1.29 is 9.18 Å². The van der Waals surface area contributed by atoms with Gasteiger partial charge in [0.05, 0.1) is 17.3 Å². The van der Waals surface area contributed by atoms with Crippen LogP contribution in [0, 0.1) is 17.1 Å². The van der Waals surface area contributed by atoms with Gasteiger partial charge < -0.3 is 10.6 Å². The van der Waals surface area contributed by atoms with Crippen molar-refractivity contribution in [2.24, 2.45) is 0 Å². The molecule has 106 valence electrons. The quantitative estimate of drug-likeness (QED) is 0.905. The van der Waals surface area contributed by atoms with Crippen LogP contribution in [0.2, 0.25) is 0 Å². The molecule has 2 rings (SSSR count). The zero-order chi connectivity index (χ0) is 15.2. The number of hydrogen-bond donors (Lipinski definition) is 2. The largest absolute Gasteiger partial charge is 0.379 e. The number of carbonyl (C=O) groups is 1. The monoisotopic (exact) mass is 283 g/mol. The number of nitrogens with zero attached hydrogens (tertiary/aromatic N) is 1. The van der Waals surface area contributed by atoms with Crippen LogP contribution in [0.3, 0.4) is 0 Å². The van der Waals surface area contributed by atoms with Gasteiger partial charge in [0.2, 0.25) is 5.91 Å². The van der Waals surface area contributed by atoms with Crippen molar-refractivity contribution in [1.29, 1.82) is 5.26 Å². The summed E-state index contributed by atoms with van der Waals surface area (Å²) in [5, 5.41) is 14.4. The maximum atomic E-state index is 13.8. The van der Waals surface area contributed by atoms with E-state index in [1.807, 2.05) is 24.3 Å². The summed E-state index contributed by atoms with van der Waals surface area (Å²) in [6.45, 7) is 1.80. The first-order valence-electron chi connectivity index (χ1n) is 6.39.